The van der Waals surface area contributed by atoms with Crippen LogP contribution >= 0.6 is 11.6 Å². The molecular formula is C26H25ClF3N3O4S. The molecule has 0 bridgehead atoms. The molecule has 3 aromatic rings. The van der Waals surface area contributed by atoms with Crippen LogP contribution in [0.5, 0.6) is 0 Å². The monoisotopic (exact) mass is 567 g/mol. The molecule has 1 N–H and O–H groups in total. The number of alkyl halides is 3. The van der Waals surface area contributed by atoms with Crippen molar-refractivity contribution in [2.45, 2.75) is 30.6 Å². The van der Waals surface area contributed by atoms with Gasteiger partial charge in [-0.2, -0.15) is 13.2 Å². The van der Waals surface area contributed by atoms with Crippen LogP contribution in [-0.2, 0) is 32.3 Å². The van der Waals surface area contributed by atoms with Crippen LogP contribution in [0.25, 0.3) is 0 Å². The minimum absolute atomic E-state index is 0.0770. The summed E-state index contributed by atoms with van der Waals surface area (Å²) in [4.78, 5) is 27.0. The summed E-state index contributed by atoms with van der Waals surface area (Å²) in [5.41, 5.74) is -0.821. The quantitative estimate of drug-likeness (QED) is 0.405. The van der Waals surface area contributed by atoms with Gasteiger partial charge in [0.15, 0.2) is 0 Å². The zero-order valence-corrected chi connectivity index (χ0v) is 22.0. The second-order valence-corrected chi connectivity index (χ2v) is 10.6. The molecule has 1 unspecified atom stereocenters. The first-order valence-electron chi connectivity index (χ1n) is 11.3. The molecule has 0 aromatic heterocycles. The van der Waals surface area contributed by atoms with Gasteiger partial charge in [-0.3, -0.25) is 13.9 Å². The summed E-state index contributed by atoms with van der Waals surface area (Å²) in [6.45, 7) is 0.535. The van der Waals surface area contributed by atoms with Gasteiger partial charge in [-0.15, -0.1) is 0 Å². The second kappa shape index (κ2) is 11.9. The molecule has 0 fully saturated rings. The van der Waals surface area contributed by atoms with E-state index in [0.29, 0.717) is 21.0 Å². The molecule has 38 heavy (non-hydrogen) atoms. The molecule has 202 valence electrons. The number of hydrogen-bond acceptors (Lipinski definition) is 4. The molecule has 0 saturated heterocycles. The van der Waals surface area contributed by atoms with E-state index in [2.05, 4.69) is 5.32 Å². The summed E-state index contributed by atoms with van der Waals surface area (Å²) in [7, 11) is -3.09. The lowest BCUT2D eigenvalue weighted by atomic mass is 10.1. The highest BCUT2D eigenvalue weighted by Crippen LogP contribution is 2.33. The van der Waals surface area contributed by atoms with Crippen molar-refractivity contribution in [2.75, 3.05) is 17.9 Å². The topological polar surface area (TPSA) is 86.8 Å². The van der Waals surface area contributed by atoms with Crippen LogP contribution in [0, 0.1) is 0 Å². The lowest BCUT2D eigenvalue weighted by Gasteiger charge is -2.32. The molecule has 0 saturated carbocycles. The molecule has 7 nitrogen and oxygen atoms in total. The predicted octanol–water partition coefficient (Wildman–Crippen LogP) is 4.72. The minimum atomic E-state index is -4.74. The largest absolute Gasteiger partial charge is 0.416 e. The molecule has 0 heterocycles. The second-order valence-electron chi connectivity index (χ2n) is 8.31. The number of rotatable bonds is 9. The number of sulfonamides is 1. The summed E-state index contributed by atoms with van der Waals surface area (Å²) >= 11 is 5.94. The standard InChI is InChI=1S/C26H25ClF3N3O4S/c1-18(25(35)31-2)32(16-19-11-13-21(27)14-12-19)24(34)17-33(38(36,37)23-9-4-3-5-10-23)22-8-6-7-20(15-22)26(28,29)30/h3-15,18H,16-17H2,1-2H3,(H,31,35). The number of amides is 2. The van der Waals surface area contributed by atoms with Crippen LogP contribution in [-0.4, -0.2) is 44.8 Å². The maximum absolute atomic E-state index is 13.6. The van der Waals surface area contributed by atoms with Crippen molar-refractivity contribution in [3.05, 3.63) is 95.0 Å². The van der Waals surface area contributed by atoms with Gasteiger partial charge >= 0.3 is 6.18 Å². The summed E-state index contributed by atoms with van der Waals surface area (Å²) in [6, 6.07) is 16.2. The van der Waals surface area contributed by atoms with Crippen LogP contribution in [0.4, 0.5) is 18.9 Å². The van der Waals surface area contributed by atoms with E-state index in [1.165, 1.54) is 44.3 Å². The third kappa shape index (κ3) is 6.84. The van der Waals surface area contributed by atoms with Gasteiger partial charge in [0.2, 0.25) is 11.8 Å². The van der Waals surface area contributed by atoms with Crippen molar-refractivity contribution < 1.29 is 31.2 Å². The molecule has 3 rings (SSSR count). The van der Waals surface area contributed by atoms with Crippen LogP contribution < -0.4 is 9.62 Å². The molecule has 0 spiro atoms. The first kappa shape index (κ1) is 29.0. The van der Waals surface area contributed by atoms with Crippen molar-refractivity contribution in [3.63, 3.8) is 0 Å². The van der Waals surface area contributed by atoms with E-state index in [-0.39, 0.29) is 17.1 Å². The Labute approximate surface area is 223 Å². The predicted molar refractivity (Wildman–Crippen MR) is 138 cm³/mol. The third-order valence-electron chi connectivity index (χ3n) is 5.75. The molecule has 0 aliphatic heterocycles. The van der Waals surface area contributed by atoms with Crippen LogP contribution in [0.1, 0.15) is 18.1 Å². The first-order chi connectivity index (χ1) is 17.8. The van der Waals surface area contributed by atoms with Crippen molar-refractivity contribution in [1.82, 2.24) is 10.2 Å². The lowest BCUT2D eigenvalue weighted by Crippen LogP contribution is -2.50. The van der Waals surface area contributed by atoms with E-state index in [9.17, 15) is 31.2 Å². The highest BCUT2D eigenvalue weighted by molar-refractivity contribution is 7.92. The molecule has 2 amide bonds. The van der Waals surface area contributed by atoms with Gasteiger partial charge in [0.25, 0.3) is 10.0 Å². The van der Waals surface area contributed by atoms with Gasteiger partial charge < -0.3 is 10.2 Å². The van der Waals surface area contributed by atoms with Crippen molar-refractivity contribution in [2.24, 2.45) is 0 Å². The van der Waals surface area contributed by atoms with E-state index in [1.54, 1.807) is 30.3 Å². The summed E-state index contributed by atoms with van der Waals surface area (Å²) < 4.78 is 68.1. The van der Waals surface area contributed by atoms with Gasteiger partial charge in [-0.25, -0.2) is 8.42 Å². The molecule has 1 atom stereocenters. The number of nitrogens with zero attached hydrogens (tertiary/aromatic N) is 2. The average Bonchev–Trinajstić information content (AvgIpc) is 2.90. The number of benzene rings is 3. The van der Waals surface area contributed by atoms with Crippen molar-refractivity contribution >= 4 is 39.1 Å². The van der Waals surface area contributed by atoms with Gasteiger partial charge in [0, 0.05) is 18.6 Å². The number of carbonyl (C=O) groups is 2. The van der Waals surface area contributed by atoms with Crippen LogP contribution in [0.2, 0.25) is 5.02 Å². The zero-order valence-electron chi connectivity index (χ0n) is 20.4. The SMILES string of the molecule is CNC(=O)C(C)N(Cc1ccc(Cl)cc1)C(=O)CN(c1cccc(C(F)(F)F)c1)S(=O)(=O)c1ccccc1. The normalized spacial score (nSPS) is 12.5. The van der Waals surface area contributed by atoms with Crippen LogP contribution in [0.15, 0.2) is 83.8 Å². The maximum Gasteiger partial charge on any atom is 0.416 e. The van der Waals surface area contributed by atoms with Gasteiger partial charge in [-0.1, -0.05) is 48.0 Å². The van der Waals surface area contributed by atoms with Gasteiger partial charge in [0.1, 0.15) is 12.6 Å². The smallest absolute Gasteiger partial charge is 0.357 e. The fraction of sp³-hybridized carbons (Fsp3) is 0.231. The van der Waals surface area contributed by atoms with E-state index in [4.69, 9.17) is 11.6 Å². The summed E-state index contributed by atoms with van der Waals surface area (Å²) in [5.74, 6) is -1.31. The average molecular weight is 568 g/mol. The Kier molecular flexibility index (Phi) is 9.05. The number of carbonyl (C=O) groups excluding carboxylic acids is 2. The minimum Gasteiger partial charge on any atom is -0.357 e. The molecule has 0 aliphatic carbocycles. The Bertz CT molecular complexity index is 1380. The summed E-state index contributed by atoms with van der Waals surface area (Å²) in [6.07, 6.45) is -4.74. The Morgan fingerprint density at radius 3 is 2.18 bits per heavy atom. The Morgan fingerprint density at radius 2 is 1.61 bits per heavy atom. The number of anilines is 1. The maximum atomic E-state index is 13.6. The van der Waals surface area contributed by atoms with E-state index < -0.39 is 46.2 Å². The van der Waals surface area contributed by atoms with Crippen molar-refractivity contribution in [1.29, 1.82) is 0 Å². The highest BCUT2D eigenvalue weighted by Gasteiger charge is 2.35. The Morgan fingerprint density at radius 1 is 0.974 bits per heavy atom. The number of hydrogen-bond donors (Lipinski definition) is 1. The number of likely N-dealkylation sites (N-methyl/N-ethyl adjacent to an activating group) is 1. The molecule has 12 heteroatoms. The fourth-order valence-corrected chi connectivity index (χ4v) is 5.22. The van der Waals surface area contributed by atoms with E-state index in [0.717, 1.165) is 17.0 Å². The van der Waals surface area contributed by atoms with E-state index >= 15 is 0 Å². The molecule has 0 radical (unpaired) electrons. The fourth-order valence-electron chi connectivity index (χ4n) is 3.66. The van der Waals surface area contributed by atoms with Crippen molar-refractivity contribution in [3.8, 4) is 0 Å². The lowest BCUT2D eigenvalue weighted by molar-refractivity contribution is -0.139. The van der Waals surface area contributed by atoms with E-state index in [1.807, 2.05) is 0 Å². The molecule has 0 aliphatic rings. The van der Waals surface area contributed by atoms with Gasteiger partial charge in [-0.05, 0) is 55.0 Å². The van der Waals surface area contributed by atoms with Crippen LogP contribution in [0.3, 0.4) is 0 Å². The Balaban J connectivity index is 2.07. The highest BCUT2D eigenvalue weighted by atomic mass is 35.5. The third-order valence-corrected chi connectivity index (χ3v) is 7.79. The zero-order chi connectivity index (χ0) is 28.1. The van der Waals surface area contributed by atoms with Gasteiger partial charge in [0.05, 0.1) is 16.1 Å². The number of halogens is 4. The first-order valence-corrected chi connectivity index (χ1v) is 13.2. The number of nitrogens with one attached hydrogen (secondary N) is 1. The molecular weight excluding hydrogens is 543 g/mol. The molecule has 3 aromatic carbocycles. The Hall–Kier alpha value is -3.57. The summed E-state index contributed by atoms with van der Waals surface area (Å²) in [5, 5.41) is 2.90.